The molecule has 0 unspecified atom stereocenters. The van der Waals surface area contributed by atoms with E-state index in [2.05, 4.69) is 9.82 Å². The lowest BCUT2D eigenvalue weighted by Gasteiger charge is -2.10. The van der Waals surface area contributed by atoms with E-state index in [4.69, 9.17) is 4.74 Å². The highest BCUT2D eigenvalue weighted by Crippen LogP contribution is 2.31. The number of hydrogen-bond donors (Lipinski definition) is 1. The average Bonchev–Trinajstić information content (AvgIpc) is 3.34. The summed E-state index contributed by atoms with van der Waals surface area (Å²) in [7, 11) is -3.70. The molecular formula is C21H23N3O3S. The van der Waals surface area contributed by atoms with E-state index in [1.54, 1.807) is 37.4 Å². The van der Waals surface area contributed by atoms with Gasteiger partial charge in [0.2, 0.25) is 0 Å². The molecule has 7 heteroatoms. The molecule has 4 rings (SSSR count). The second-order valence-electron chi connectivity index (χ2n) is 7.04. The number of para-hydroxylation sites is 1. The number of hydrogen-bond acceptors (Lipinski definition) is 4. The third kappa shape index (κ3) is 4.04. The Balaban J connectivity index is 1.48. The average molecular weight is 398 g/mol. The van der Waals surface area contributed by atoms with Crippen LogP contribution in [0.15, 0.2) is 65.7 Å². The summed E-state index contributed by atoms with van der Waals surface area (Å²) in [4.78, 5) is 0.226. The molecule has 3 aromatic rings. The highest BCUT2D eigenvalue weighted by molar-refractivity contribution is 7.92. The molecule has 0 atom stereocenters. The van der Waals surface area contributed by atoms with Gasteiger partial charge in [0.1, 0.15) is 16.4 Å². The van der Waals surface area contributed by atoms with Gasteiger partial charge in [0.15, 0.2) is 0 Å². The molecule has 146 valence electrons. The molecule has 1 heterocycles. The first kappa shape index (κ1) is 18.6. The van der Waals surface area contributed by atoms with Gasteiger partial charge in [-0.15, -0.1) is 0 Å². The number of nitrogens with zero attached hydrogens (tertiary/aromatic N) is 2. The number of sulfonamides is 1. The summed E-state index contributed by atoms with van der Waals surface area (Å²) < 4.78 is 35.8. The molecule has 0 amide bonds. The minimum absolute atomic E-state index is 0.226. The van der Waals surface area contributed by atoms with Crippen LogP contribution in [0.4, 0.5) is 5.69 Å². The second kappa shape index (κ2) is 7.67. The Hall–Kier alpha value is -2.80. The zero-order chi connectivity index (χ0) is 19.6. The summed E-state index contributed by atoms with van der Waals surface area (Å²) in [5.74, 6) is 1.37. The maximum absolute atomic E-state index is 12.8. The highest BCUT2D eigenvalue weighted by atomic mass is 32.2. The Bertz CT molecular complexity index is 1040. The van der Waals surface area contributed by atoms with Crippen molar-refractivity contribution >= 4 is 15.7 Å². The van der Waals surface area contributed by atoms with Crippen molar-refractivity contribution < 1.29 is 13.2 Å². The fraction of sp³-hybridized carbons (Fsp3) is 0.286. The van der Waals surface area contributed by atoms with Crippen LogP contribution in [-0.4, -0.2) is 18.2 Å². The molecule has 0 aliphatic heterocycles. The summed E-state index contributed by atoms with van der Waals surface area (Å²) in [6.45, 7) is 1.73. The Morgan fingerprint density at radius 2 is 1.64 bits per heavy atom. The lowest BCUT2D eigenvalue weighted by molar-refractivity contribution is 0.464. The van der Waals surface area contributed by atoms with Gasteiger partial charge in [-0.3, -0.25) is 9.40 Å². The second-order valence-corrected chi connectivity index (χ2v) is 8.69. The minimum Gasteiger partial charge on any atom is -0.457 e. The summed E-state index contributed by atoms with van der Waals surface area (Å²) in [6, 6.07) is 16.6. The highest BCUT2D eigenvalue weighted by Gasteiger charge is 2.24. The lowest BCUT2D eigenvalue weighted by atomic mass is 10.3. The minimum atomic E-state index is -3.70. The van der Waals surface area contributed by atoms with Crippen molar-refractivity contribution in [1.29, 1.82) is 0 Å². The summed E-state index contributed by atoms with van der Waals surface area (Å²) >= 11 is 0. The Labute approximate surface area is 165 Å². The van der Waals surface area contributed by atoms with Gasteiger partial charge in [0, 0.05) is 11.9 Å². The number of benzene rings is 2. The van der Waals surface area contributed by atoms with E-state index in [9.17, 15) is 8.42 Å². The van der Waals surface area contributed by atoms with E-state index < -0.39 is 10.0 Å². The fourth-order valence-electron chi connectivity index (χ4n) is 3.51. The maximum atomic E-state index is 12.8. The number of ether oxygens (including phenoxy) is 1. The van der Waals surface area contributed by atoms with E-state index in [-0.39, 0.29) is 4.90 Å². The van der Waals surface area contributed by atoms with Gasteiger partial charge in [-0.1, -0.05) is 31.0 Å². The van der Waals surface area contributed by atoms with Crippen molar-refractivity contribution in [3.8, 4) is 11.5 Å². The van der Waals surface area contributed by atoms with Crippen LogP contribution in [0.2, 0.25) is 0 Å². The Kier molecular flexibility index (Phi) is 5.09. The molecule has 28 heavy (non-hydrogen) atoms. The first-order chi connectivity index (χ1) is 13.5. The van der Waals surface area contributed by atoms with Gasteiger partial charge < -0.3 is 4.74 Å². The largest absolute Gasteiger partial charge is 0.457 e. The number of rotatable bonds is 6. The van der Waals surface area contributed by atoms with Gasteiger partial charge >= 0.3 is 0 Å². The zero-order valence-electron chi connectivity index (χ0n) is 15.7. The number of nitrogens with one attached hydrogen (secondary N) is 1. The van der Waals surface area contributed by atoms with Crippen LogP contribution >= 0.6 is 0 Å². The van der Waals surface area contributed by atoms with Crippen molar-refractivity contribution in [1.82, 2.24) is 9.78 Å². The monoisotopic (exact) mass is 397 g/mol. The van der Waals surface area contributed by atoms with Crippen molar-refractivity contribution in [2.75, 3.05) is 4.72 Å². The molecule has 1 aliphatic carbocycles. The van der Waals surface area contributed by atoms with Gasteiger partial charge in [0.05, 0.1) is 11.7 Å². The van der Waals surface area contributed by atoms with E-state index in [1.165, 1.54) is 12.8 Å². The van der Waals surface area contributed by atoms with Crippen molar-refractivity contribution in [2.24, 2.45) is 0 Å². The third-order valence-electron chi connectivity index (χ3n) is 4.95. The first-order valence-electron chi connectivity index (χ1n) is 9.43. The zero-order valence-corrected chi connectivity index (χ0v) is 16.5. The van der Waals surface area contributed by atoms with Crippen LogP contribution in [0.25, 0.3) is 0 Å². The standard InChI is InChI=1S/C21H23N3O3S/c1-16-21(15-24(22-16)18-7-5-6-8-18)28(25,26)23-17-11-13-20(14-12-17)27-19-9-3-2-4-10-19/h2-4,9-15,18,23H,5-8H2,1H3. The molecule has 0 spiro atoms. The van der Waals surface area contributed by atoms with Crippen LogP contribution in [0, 0.1) is 6.92 Å². The number of aromatic nitrogens is 2. The lowest BCUT2D eigenvalue weighted by Crippen LogP contribution is -2.13. The molecule has 1 N–H and O–H groups in total. The molecule has 1 saturated carbocycles. The summed E-state index contributed by atoms with van der Waals surface area (Å²) in [6.07, 6.45) is 6.09. The molecule has 0 bridgehead atoms. The Morgan fingerprint density at radius 1 is 1.00 bits per heavy atom. The van der Waals surface area contributed by atoms with Crippen LogP contribution in [0.1, 0.15) is 37.4 Å². The summed E-state index contributed by atoms with van der Waals surface area (Å²) in [5, 5.41) is 4.44. The van der Waals surface area contributed by atoms with E-state index in [0.717, 1.165) is 18.6 Å². The van der Waals surface area contributed by atoms with Crippen molar-refractivity contribution in [2.45, 2.75) is 43.5 Å². The van der Waals surface area contributed by atoms with Gasteiger partial charge in [-0.25, -0.2) is 8.42 Å². The summed E-state index contributed by atoms with van der Waals surface area (Å²) in [5.41, 5.74) is 0.997. The van der Waals surface area contributed by atoms with Crippen LogP contribution in [0.5, 0.6) is 11.5 Å². The Morgan fingerprint density at radius 3 is 2.32 bits per heavy atom. The molecule has 1 fully saturated rings. The molecule has 1 aliphatic rings. The number of aryl methyl sites for hydroxylation is 1. The predicted molar refractivity (Wildman–Crippen MR) is 108 cm³/mol. The number of anilines is 1. The molecule has 0 saturated heterocycles. The topological polar surface area (TPSA) is 73.2 Å². The van der Waals surface area contributed by atoms with Crippen molar-refractivity contribution in [3.63, 3.8) is 0 Å². The smallest absolute Gasteiger partial charge is 0.265 e. The molecule has 6 nitrogen and oxygen atoms in total. The fourth-order valence-corrected chi connectivity index (χ4v) is 4.74. The third-order valence-corrected chi connectivity index (χ3v) is 6.43. The SMILES string of the molecule is Cc1nn(C2CCCC2)cc1S(=O)(=O)Nc1ccc(Oc2ccccc2)cc1. The molecule has 1 aromatic heterocycles. The van der Waals surface area contributed by atoms with Gasteiger partial charge in [-0.2, -0.15) is 5.10 Å². The van der Waals surface area contributed by atoms with Crippen LogP contribution < -0.4 is 9.46 Å². The normalized spacial score (nSPS) is 14.9. The maximum Gasteiger partial charge on any atom is 0.265 e. The molecule has 2 aromatic carbocycles. The quantitative estimate of drug-likeness (QED) is 0.642. The van der Waals surface area contributed by atoms with Crippen LogP contribution in [-0.2, 0) is 10.0 Å². The first-order valence-corrected chi connectivity index (χ1v) is 10.9. The van der Waals surface area contributed by atoms with Gasteiger partial charge in [-0.05, 0) is 56.2 Å². The van der Waals surface area contributed by atoms with Crippen LogP contribution in [0.3, 0.4) is 0 Å². The van der Waals surface area contributed by atoms with Crippen molar-refractivity contribution in [3.05, 3.63) is 66.5 Å². The predicted octanol–water partition coefficient (Wildman–Crippen LogP) is 4.90. The molecule has 0 radical (unpaired) electrons. The van der Waals surface area contributed by atoms with Gasteiger partial charge in [0.25, 0.3) is 10.0 Å². The van der Waals surface area contributed by atoms with E-state index in [0.29, 0.717) is 23.2 Å². The molecular weight excluding hydrogens is 374 g/mol. The van der Waals surface area contributed by atoms with E-state index >= 15 is 0 Å². The van der Waals surface area contributed by atoms with E-state index in [1.807, 2.05) is 35.0 Å².